The lowest BCUT2D eigenvalue weighted by Crippen LogP contribution is -2.17. The second-order valence-corrected chi connectivity index (χ2v) is 6.47. The third kappa shape index (κ3) is 3.93. The summed E-state index contributed by atoms with van der Waals surface area (Å²) in [4.78, 5) is 17.5. The molecule has 0 spiro atoms. The molecule has 0 fully saturated rings. The molecule has 2 N–H and O–H groups in total. The van der Waals surface area contributed by atoms with Crippen LogP contribution in [-0.2, 0) is 0 Å². The zero-order valence-corrected chi connectivity index (χ0v) is 14.3. The average Bonchev–Trinajstić information content (AvgIpc) is 3.00. The fourth-order valence-corrected chi connectivity index (χ4v) is 3.10. The molecule has 0 saturated carbocycles. The van der Waals surface area contributed by atoms with Gasteiger partial charge in [0.1, 0.15) is 9.79 Å². The fourth-order valence-electron chi connectivity index (χ4n) is 2.02. The molecule has 0 radical (unpaired) electrons. The molecule has 1 aliphatic carbocycles. The number of aromatic nitrogens is 3. The summed E-state index contributed by atoms with van der Waals surface area (Å²) in [5.74, 6) is 0.285. The highest BCUT2D eigenvalue weighted by Crippen LogP contribution is 2.21. The Morgan fingerprint density at radius 1 is 1.39 bits per heavy atom. The Kier molecular flexibility index (Phi) is 5.00. The number of nitrogens with zero attached hydrogens (tertiary/aromatic N) is 2. The summed E-state index contributed by atoms with van der Waals surface area (Å²) >= 11 is 12.4. The first kappa shape index (κ1) is 16.0. The van der Waals surface area contributed by atoms with Gasteiger partial charge in [-0.2, -0.15) is 0 Å². The van der Waals surface area contributed by atoms with Crippen molar-refractivity contribution in [3.63, 3.8) is 0 Å². The summed E-state index contributed by atoms with van der Waals surface area (Å²) < 4.78 is 5.01. The first-order chi connectivity index (χ1) is 11.1. The lowest BCUT2D eigenvalue weighted by molar-refractivity contribution is 0.0984. The van der Waals surface area contributed by atoms with E-state index in [1.807, 2.05) is 6.08 Å². The summed E-state index contributed by atoms with van der Waals surface area (Å²) in [6, 6.07) is 5.09. The Hall–Kier alpha value is -1.83. The Labute approximate surface area is 147 Å². The van der Waals surface area contributed by atoms with E-state index in [-0.39, 0.29) is 11.1 Å². The van der Waals surface area contributed by atoms with Crippen LogP contribution >= 0.6 is 35.8 Å². The van der Waals surface area contributed by atoms with Crippen molar-refractivity contribution in [2.24, 2.45) is 0 Å². The standard InChI is InChI=1S/C15H13ClN4OS2/c16-14-11(15(21)19-23-10-4-2-1-3-5-10)6-7-12(17-14)20-9-8-13(22)18-20/h2,4-9H,1,3H2,(H,18,22)(H,19,21). The molecule has 0 aliphatic heterocycles. The Morgan fingerprint density at radius 3 is 2.91 bits per heavy atom. The van der Waals surface area contributed by atoms with Crippen molar-refractivity contribution in [3.8, 4) is 5.82 Å². The topological polar surface area (TPSA) is 62.7 Å². The summed E-state index contributed by atoms with van der Waals surface area (Å²) in [6.07, 6.45) is 9.94. The van der Waals surface area contributed by atoms with E-state index < -0.39 is 0 Å². The van der Waals surface area contributed by atoms with Gasteiger partial charge in [-0.3, -0.25) is 14.6 Å². The Balaban J connectivity index is 1.72. The van der Waals surface area contributed by atoms with Crippen molar-refractivity contribution in [1.29, 1.82) is 0 Å². The number of nitrogens with one attached hydrogen (secondary N) is 2. The maximum Gasteiger partial charge on any atom is 0.264 e. The molecule has 2 aromatic rings. The first-order valence-electron chi connectivity index (χ1n) is 6.92. The summed E-state index contributed by atoms with van der Waals surface area (Å²) in [7, 11) is 0. The van der Waals surface area contributed by atoms with Crippen LogP contribution < -0.4 is 4.72 Å². The minimum Gasteiger partial charge on any atom is -0.292 e. The van der Waals surface area contributed by atoms with Crippen LogP contribution in [-0.4, -0.2) is 20.7 Å². The predicted molar refractivity (Wildman–Crippen MR) is 95.3 cm³/mol. The molecule has 0 bridgehead atoms. The van der Waals surface area contributed by atoms with Crippen molar-refractivity contribution in [1.82, 2.24) is 19.5 Å². The van der Waals surface area contributed by atoms with Gasteiger partial charge >= 0.3 is 0 Å². The maximum absolute atomic E-state index is 12.2. The van der Waals surface area contributed by atoms with Gasteiger partial charge in [-0.1, -0.05) is 42.0 Å². The van der Waals surface area contributed by atoms with Gasteiger partial charge < -0.3 is 0 Å². The molecule has 0 atom stereocenters. The van der Waals surface area contributed by atoms with Crippen LogP contribution in [0, 0.1) is 4.64 Å². The van der Waals surface area contributed by atoms with Crippen LogP contribution in [0.25, 0.3) is 5.82 Å². The minimum atomic E-state index is -0.278. The van der Waals surface area contributed by atoms with Crippen LogP contribution in [0.5, 0.6) is 0 Å². The SMILES string of the molecule is O=C(NSC1=CCCC=C1)c1ccc(-n2ccc(=S)[nH]2)nc1Cl. The number of aromatic amines is 1. The maximum atomic E-state index is 12.2. The molecule has 118 valence electrons. The van der Waals surface area contributed by atoms with E-state index in [0.717, 1.165) is 17.7 Å². The number of rotatable bonds is 4. The molecular weight excluding hydrogens is 352 g/mol. The van der Waals surface area contributed by atoms with Gasteiger partial charge in [-0.25, -0.2) is 9.67 Å². The molecule has 5 nitrogen and oxygen atoms in total. The highest BCUT2D eigenvalue weighted by atomic mass is 35.5. The second kappa shape index (κ2) is 7.16. The number of hydrogen-bond donors (Lipinski definition) is 2. The van der Waals surface area contributed by atoms with Gasteiger partial charge in [0.15, 0.2) is 5.82 Å². The molecule has 23 heavy (non-hydrogen) atoms. The van der Waals surface area contributed by atoms with Crippen molar-refractivity contribution in [2.75, 3.05) is 0 Å². The molecule has 8 heteroatoms. The molecule has 2 aromatic heterocycles. The number of hydrogen-bond acceptors (Lipinski definition) is 4. The van der Waals surface area contributed by atoms with Gasteiger partial charge in [0.2, 0.25) is 0 Å². The number of carbonyl (C=O) groups excluding carboxylic acids is 1. The smallest absolute Gasteiger partial charge is 0.264 e. The van der Waals surface area contributed by atoms with E-state index in [1.54, 1.807) is 29.1 Å². The van der Waals surface area contributed by atoms with Gasteiger partial charge in [0.05, 0.1) is 5.56 Å². The van der Waals surface area contributed by atoms with E-state index in [1.165, 1.54) is 11.9 Å². The normalized spacial score (nSPS) is 13.7. The van der Waals surface area contributed by atoms with E-state index in [4.69, 9.17) is 23.8 Å². The number of halogens is 1. The zero-order valence-electron chi connectivity index (χ0n) is 12.0. The fraction of sp³-hybridized carbons (Fsp3) is 0.133. The van der Waals surface area contributed by atoms with Crippen molar-refractivity contribution in [3.05, 3.63) is 62.9 Å². The van der Waals surface area contributed by atoms with Gasteiger partial charge in [-0.05, 0) is 43.0 Å². The highest BCUT2D eigenvalue weighted by molar-refractivity contribution is 8.01. The van der Waals surface area contributed by atoms with Gasteiger partial charge in [-0.15, -0.1) is 0 Å². The van der Waals surface area contributed by atoms with Gasteiger partial charge in [0.25, 0.3) is 5.91 Å². The van der Waals surface area contributed by atoms with E-state index in [2.05, 4.69) is 27.0 Å². The molecular formula is C15H13ClN4OS2. The third-order valence-corrected chi connectivity index (χ3v) is 4.50. The highest BCUT2D eigenvalue weighted by Gasteiger charge is 2.13. The molecule has 0 aromatic carbocycles. The number of pyridine rings is 1. The number of H-pyrrole nitrogens is 1. The molecule has 2 heterocycles. The van der Waals surface area contributed by atoms with Crippen LogP contribution in [0.1, 0.15) is 23.2 Å². The van der Waals surface area contributed by atoms with Crippen LogP contribution in [0.15, 0.2) is 47.5 Å². The predicted octanol–water partition coefficient (Wildman–Crippen LogP) is 4.20. The summed E-state index contributed by atoms with van der Waals surface area (Å²) in [5.41, 5.74) is 0.328. The molecule has 0 saturated heterocycles. The monoisotopic (exact) mass is 364 g/mol. The third-order valence-electron chi connectivity index (χ3n) is 3.15. The second-order valence-electron chi connectivity index (χ2n) is 4.79. The molecule has 1 aliphatic rings. The van der Waals surface area contributed by atoms with Crippen LogP contribution in [0.2, 0.25) is 5.15 Å². The Bertz CT molecular complexity index is 853. The van der Waals surface area contributed by atoms with Crippen LogP contribution in [0.4, 0.5) is 0 Å². The summed E-state index contributed by atoms with van der Waals surface area (Å²) in [5, 5.41) is 3.07. The van der Waals surface area contributed by atoms with Crippen molar-refractivity contribution >= 4 is 41.7 Å². The van der Waals surface area contributed by atoms with E-state index in [9.17, 15) is 4.79 Å². The number of allylic oxidation sites excluding steroid dienone is 3. The number of amides is 1. The molecule has 0 unspecified atom stereocenters. The quantitative estimate of drug-likeness (QED) is 0.485. The van der Waals surface area contributed by atoms with E-state index in [0.29, 0.717) is 16.0 Å². The van der Waals surface area contributed by atoms with Crippen LogP contribution in [0.3, 0.4) is 0 Å². The Morgan fingerprint density at radius 2 is 2.26 bits per heavy atom. The minimum absolute atomic E-state index is 0.141. The first-order valence-corrected chi connectivity index (χ1v) is 8.52. The largest absolute Gasteiger partial charge is 0.292 e. The van der Waals surface area contributed by atoms with E-state index >= 15 is 0 Å². The zero-order chi connectivity index (χ0) is 16.2. The lowest BCUT2D eigenvalue weighted by Gasteiger charge is -2.09. The van der Waals surface area contributed by atoms with Crippen molar-refractivity contribution in [2.45, 2.75) is 12.8 Å². The van der Waals surface area contributed by atoms with Crippen molar-refractivity contribution < 1.29 is 4.79 Å². The number of carbonyl (C=O) groups is 1. The lowest BCUT2D eigenvalue weighted by atomic mass is 10.2. The van der Waals surface area contributed by atoms with Gasteiger partial charge in [0, 0.05) is 11.1 Å². The molecule has 1 amide bonds. The molecule has 3 rings (SSSR count). The average molecular weight is 365 g/mol. The summed E-state index contributed by atoms with van der Waals surface area (Å²) in [6.45, 7) is 0.